The number of nitrogens with one attached hydrogen (secondary N) is 1. The molecule has 3 rings (SSSR count). The van der Waals surface area contributed by atoms with Crippen LogP contribution in [0.15, 0.2) is 54.7 Å². The smallest absolute Gasteiger partial charge is 0.393 e. The maximum absolute atomic E-state index is 12.5. The number of carbonyl (C=O) groups excluding carboxylic acids is 1. The average Bonchev–Trinajstić information content (AvgIpc) is 2.64. The Labute approximate surface area is 154 Å². The van der Waals surface area contributed by atoms with Gasteiger partial charge in [0, 0.05) is 29.4 Å². The second kappa shape index (κ2) is 8.07. The van der Waals surface area contributed by atoms with Crippen molar-refractivity contribution in [3.05, 3.63) is 65.9 Å². The molecule has 1 aromatic heterocycles. The van der Waals surface area contributed by atoms with Gasteiger partial charge in [0.1, 0.15) is 18.6 Å². The summed E-state index contributed by atoms with van der Waals surface area (Å²) < 4.78 is 43.2. The fraction of sp³-hybridized carbons (Fsp3) is 0.200. The summed E-state index contributed by atoms with van der Waals surface area (Å²) in [5.41, 5.74) is 2.04. The molecule has 2 aromatic carbocycles. The summed E-state index contributed by atoms with van der Waals surface area (Å²) in [6.07, 6.45) is -2.90. The van der Waals surface area contributed by atoms with Gasteiger partial charge in [-0.05, 0) is 42.0 Å². The zero-order valence-corrected chi connectivity index (χ0v) is 14.3. The number of pyridine rings is 1. The lowest BCUT2D eigenvalue weighted by atomic mass is 10.1. The van der Waals surface area contributed by atoms with Gasteiger partial charge in [-0.2, -0.15) is 13.2 Å². The molecule has 0 spiro atoms. The molecule has 140 valence electrons. The van der Waals surface area contributed by atoms with Crippen molar-refractivity contribution in [2.75, 3.05) is 18.5 Å². The summed E-state index contributed by atoms with van der Waals surface area (Å²) in [6.45, 7) is 0.884. The van der Waals surface area contributed by atoms with Crippen molar-refractivity contribution in [1.82, 2.24) is 4.98 Å². The molecule has 0 saturated heterocycles. The Morgan fingerprint density at radius 3 is 2.56 bits per heavy atom. The number of nitrogens with zero attached hydrogens (tertiary/aromatic N) is 1. The van der Waals surface area contributed by atoms with Crippen LogP contribution in [0.25, 0.3) is 10.9 Å². The van der Waals surface area contributed by atoms with Gasteiger partial charge in [-0.3, -0.25) is 9.78 Å². The number of benzene rings is 2. The Hall–Kier alpha value is -3.09. The van der Waals surface area contributed by atoms with Gasteiger partial charge in [0.05, 0.1) is 11.9 Å². The minimum atomic E-state index is -4.25. The number of hydrogen-bond acceptors (Lipinski definition) is 4. The number of alkyl halides is 3. The van der Waals surface area contributed by atoms with E-state index in [1.165, 1.54) is 12.1 Å². The van der Waals surface area contributed by atoms with E-state index in [0.29, 0.717) is 30.0 Å². The van der Waals surface area contributed by atoms with Gasteiger partial charge in [-0.1, -0.05) is 12.1 Å². The first-order valence-corrected chi connectivity index (χ1v) is 8.31. The Balaban J connectivity index is 1.61. The molecule has 0 bridgehead atoms. The molecule has 0 aliphatic carbocycles. The molecule has 0 fully saturated rings. The molecule has 4 nitrogen and oxygen atoms in total. The van der Waals surface area contributed by atoms with Crippen molar-refractivity contribution in [3.63, 3.8) is 0 Å². The molecule has 0 atom stereocenters. The number of aldehydes is 1. The van der Waals surface area contributed by atoms with Crippen LogP contribution in [-0.4, -0.2) is 30.6 Å². The summed E-state index contributed by atoms with van der Waals surface area (Å²) in [4.78, 5) is 14.8. The number of aromatic nitrogens is 1. The molecule has 27 heavy (non-hydrogen) atoms. The molecular weight excluding hydrogens is 357 g/mol. The van der Waals surface area contributed by atoms with Crippen LogP contribution < -0.4 is 10.1 Å². The fourth-order valence-electron chi connectivity index (χ4n) is 2.69. The molecule has 0 aliphatic rings. The predicted octanol–water partition coefficient (Wildman–Crippen LogP) is 4.64. The van der Waals surface area contributed by atoms with Gasteiger partial charge >= 0.3 is 6.18 Å². The van der Waals surface area contributed by atoms with E-state index in [4.69, 9.17) is 4.74 Å². The Kier molecular flexibility index (Phi) is 5.59. The Morgan fingerprint density at radius 2 is 1.85 bits per heavy atom. The summed E-state index contributed by atoms with van der Waals surface area (Å²) in [5, 5.41) is 3.95. The van der Waals surface area contributed by atoms with Gasteiger partial charge in [-0.15, -0.1) is 0 Å². The SMILES string of the molecule is O=Cc1ccc(OCCNc2ccnc3cc(CC(F)(F)F)ccc23)cc1. The quantitative estimate of drug-likeness (QED) is 0.483. The number of fused-ring (bicyclic) bond motifs is 1. The highest BCUT2D eigenvalue weighted by Crippen LogP contribution is 2.26. The van der Waals surface area contributed by atoms with Crippen LogP contribution >= 0.6 is 0 Å². The van der Waals surface area contributed by atoms with E-state index in [1.807, 2.05) is 0 Å². The third-order valence-electron chi connectivity index (χ3n) is 3.91. The first kappa shape index (κ1) is 18.7. The lowest BCUT2D eigenvalue weighted by Gasteiger charge is -2.12. The van der Waals surface area contributed by atoms with Gasteiger partial charge in [-0.25, -0.2) is 0 Å². The molecule has 0 saturated carbocycles. The zero-order chi connectivity index (χ0) is 19.3. The summed E-state index contributed by atoms with van der Waals surface area (Å²) in [5.74, 6) is 0.652. The molecule has 0 unspecified atom stereocenters. The van der Waals surface area contributed by atoms with Crippen molar-refractivity contribution in [2.24, 2.45) is 0 Å². The van der Waals surface area contributed by atoms with Crippen LogP contribution in [-0.2, 0) is 6.42 Å². The highest BCUT2D eigenvalue weighted by Gasteiger charge is 2.27. The van der Waals surface area contributed by atoms with E-state index < -0.39 is 12.6 Å². The summed E-state index contributed by atoms with van der Waals surface area (Å²) in [6, 6.07) is 13.1. The van der Waals surface area contributed by atoms with Crippen LogP contribution in [0.1, 0.15) is 15.9 Å². The summed E-state index contributed by atoms with van der Waals surface area (Å²) in [7, 11) is 0. The predicted molar refractivity (Wildman–Crippen MR) is 97.3 cm³/mol. The van der Waals surface area contributed by atoms with E-state index in [9.17, 15) is 18.0 Å². The highest BCUT2D eigenvalue weighted by atomic mass is 19.4. The number of rotatable bonds is 7. The van der Waals surface area contributed by atoms with Gasteiger partial charge in [0.2, 0.25) is 0 Å². The molecule has 0 radical (unpaired) electrons. The van der Waals surface area contributed by atoms with Crippen molar-refractivity contribution in [2.45, 2.75) is 12.6 Å². The average molecular weight is 374 g/mol. The lowest BCUT2D eigenvalue weighted by molar-refractivity contribution is -0.127. The van der Waals surface area contributed by atoms with Crippen LogP contribution in [0.3, 0.4) is 0 Å². The topological polar surface area (TPSA) is 51.2 Å². The van der Waals surface area contributed by atoms with Crippen molar-refractivity contribution >= 4 is 22.9 Å². The van der Waals surface area contributed by atoms with Crippen molar-refractivity contribution in [3.8, 4) is 5.75 Å². The maximum Gasteiger partial charge on any atom is 0.393 e. The first-order valence-electron chi connectivity index (χ1n) is 8.31. The third kappa shape index (κ3) is 5.20. The summed E-state index contributed by atoms with van der Waals surface area (Å²) >= 11 is 0. The largest absolute Gasteiger partial charge is 0.492 e. The van der Waals surface area contributed by atoms with Gasteiger partial charge in [0.25, 0.3) is 0 Å². The van der Waals surface area contributed by atoms with Crippen LogP contribution in [0.5, 0.6) is 5.75 Å². The van der Waals surface area contributed by atoms with Gasteiger partial charge < -0.3 is 10.1 Å². The number of anilines is 1. The fourth-order valence-corrected chi connectivity index (χ4v) is 2.69. The molecule has 0 aliphatic heterocycles. The monoisotopic (exact) mass is 374 g/mol. The van der Waals surface area contributed by atoms with E-state index in [2.05, 4.69) is 10.3 Å². The van der Waals surface area contributed by atoms with E-state index in [1.54, 1.807) is 42.6 Å². The second-order valence-corrected chi connectivity index (χ2v) is 5.96. The first-order chi connectivity index (χ1) is 12.9. The number of carbonyl (C=O) groups is 1. The van der Waals surface area contributed by atoms with E-state index >= 15 is 0 Å². The van der Waals surface area contributed by atoms with Gasteiger partial charge in [0.15, 0.2) is 0 Å². The highest BCUT2D eigenvalue weighted by molar-refractivity contribution is 5.91. The number of halogens is 3. The third-order valence-corrected chi connectivity index (χ3v) is 3.91. The van der Waals surface area contributed by atoms with Crippen LogP contribution in [0.4, 0.5) is 18.9 Å². The van der Waals surface area contributed by atoms with Crippen LogP contribution in [0, 0.1) is 0 Å². The minimum Gasteiger partial charge on any atom is -0.492 e. The normalized spacial score (nSPS) is 11.4. The number of ether oxygens (including phenoxy) is 1. The molecule has 1 N–H and O–H groups in total. The molecule has 7 heteroatoms. The minimum absolute atomic E-state index is 0.182. The molecule has 1 heterocycles. The Bertz CT molecular complexity index is 925. The lowest BCUT2D eigenvalue weighted by Crippen LogP contribution is -2.12. The second-order valence-electron chi connectivity index (χ2n) is 5.96. The molecular formula is C20H17F3N2O2. The Morgan fingerprint density at radius 1 is 1.07 bits per heavy atom. The molecule has 0 amide bonds. The van der Waals surface area contributed by atoms with Crippen LogP contribution in [0.2, 0.25) is 0 Å². The number of hydrogen-bond donors (Lipinski definition) is 1. The van der Waals surface area contributed by atoms with Crippen molar-refractivity contribution in [1.29, 1.82) is 0 Å². The molecule has 3 aromatic rings. The van der Waals surface area contributed by atoms with E-state index in [0.717, 1.165) is 17.4 Å². The maximum atomic E-state index is 12.5. The standard InChI is InChI=1S/C20H17F3N2O2/c21-20(22,23)12-15-3-6-17-18(7-8-24-19(17)11-15)25-9-10-27-16-4-1-14(13-26)2-5-16/h1-8,11,13H,9-10,12H2,(H,24,25). The van der Waals surface area contributed by atoms with Crippen molar-refractivity contribution < 1.29 is 22.7 Å². The van der Waals surface area contributed by atoms with E-state index in [-0.39, 0.29) is 5.56 Å². The zero-order valence-electron chi connectivity index (χ0n) is 14.3.